The fraction of sp³-hybridized carbons (Fsp3) is 0.625. The van der Waals surface area contributed by atoms with E-state index in [1.165, 1.54) is 27.2 Å². The first kappa shape index (κ1) is 15.6. The Hall–Kier alpha value is -0.448. The third-order valence-electron chi connectivity index (χ3n) is 3.35. The summed E-state index contributed by atoms with van der Waals surface area (Å²) in [4.78, 5) is 0. The fourth-order valence-corrected chi connectivity index (χ4v) is 6.97. The Morgan fingerprint density at radius 1 is 1.00 bits per heavy atom. The Morgan fingerprint density at radius 3 is 2.06 bits per heavy atom. The molecule has 0 amide bonds. The van der Waals surface area contributed by atoms with Gasteiger partial charge in [0, 0.05) is 11.6 Å². The van der Waals surface area contributed by atoms with Gasteiger partial charge in [0.15, 0.2) is 7.11 Å². The van der Waals surface area contributed by atoms with E-state index in [0.29, 0.717) is 0 Å². The quantitative estimate of drug-likeness (QED) is 0.509. The summed E-state index contributed by atoms with van der Waals surface area (Å²) in [5, 5.41) is 4.22. The topological polar surface area (TPSA) is 12.8 Å². The SMILES string of the molecule is C[OH+]c1ccccc1[CH2][Al-]([CH2]C(C)C)[CH2]C(C)C. The molecule has 0 atom stereocenters. The van der Waals surface area contributed by atoms with Crippen LogP contribution in [-0.2, 0) is 5.28 Å². The van der Waals surface area contributed by atoms with Crippen LogP contribution >= 0.6 is 0 Å². The molecule has 0 fully saturated rings. The van der Waals surface area contributed by atoms with Crippen LogP contribution in [0.15, 0.2) is 24.3 Å². The van der Waals surface area contributed by atoms with Gasteiger partial charge in [-0.15, -0.1) is 0 Å². The molecule has 18 heavy (non-hydrogen) atoms. The lowest BCUT2D eigenvalue weighted by Crippen LogP contribution is -2.21. The first-order valence-corrected chi connectivity index (χ1v) is 9.65. The molecule has 1 aromatic rings. The van der Waals surface area contributed by atoms with Crippen molar-refractivity contribution in [1.29, 1.82) is 0 Å². The van der Waals surface area contributed by atoms with Crippen molar-refractivity contribution in [2.24, 2.45) is 11.8 Å². The molecule has 1 nitrogen and oxygen atoms in total. The summed E-state index contributed by atoms with van der Waals surface area (Å²) >= 11 is -0.678. The number of benzene rings is 1. The number of ether oxygens (including phenoxy) is 1. The average molecular weight is 263 g/mol. The predicted molar refractivity (Wildman–Crippen MR) is 82.8 cm³/mol. The largest absolute Gasteiger partial charge is 0.585 e. The summed E-state index contributed by atoms with van der Waals surface area (Å²) in [6.45, 7) is 9.43. The molecule has 0 saturated heterocycles. The summed E-state index contributed by atoms with van der Waals surface area (Å²) in [5.41, 5.74) is 1.47. The van der Waals surface area contributed by atoms with Crippen molar-refractivity contribution in [1.82, 2.24) is 0 Å². The van der Waals surface area contributed by atoms with Crippen molar-refractivity contribution in [3.05, 3.63) is 29.8 Å². The van der Waals surface area contributed by atoms with Gasteiger partial charge >= 0.3 is 0 Å². The summed E-state index contributed by atoms with van der Waals surface area (Å²) in [5.74, 6) is 2.87. The van der Waals surface area contributed by atoms with Crippen LogP contribution in [0.25, 0.3) is 0 Å². The van der Waals surface area contributed by atoms with Crippen LogP contribution in [0.4, 0.5) is 0 Å². The van der Waals surface area contributed by atoms with E-state index >= 15 is 0 Å². The van der Waals surface area contributed by atoms with Gasteiger partial charge in [-0.3, -0.25) is 0 Å². The van der Waals surface area contributed by atoms with E-state index in [4.69, 9.17) is 0 Å². The van der Waals surface area contributed by atoms with Crippen LogP contribution in [0.3, 0.4) is 0 Å². The Morgan fingerprint density at radius 2 is 1.56 bits per heavy atom. The third kappa shape index (κ3) is 5.46. The van der Waals surface area contributed by atoms with Gasteiger partial charge < -0.3 is 4.74 Å². The van der Waals surface area contributed by atoms with E-state index in [0.717, 1.165) is 11.8 Å². The smallest absolute Gasteiger partial charge is 0.253 e. The molecule has 2 heteroatoms. The predicted octanol–water partition coefficient (Wildman–Crippen LogP) is 4.45. The van der Waals surface area contributed by atoms with Gasteiger partial charge in [0.1, 0.15) is 0 Å². The van der Waals surface area contributed by atoms with E-state index in [1.807, 2.05) is 7.11 Å². The minimum atomic E-state index is -0.678. The van der Waals surface area contributed by atoms with Gasteiger partial charge in [-0.25, -0.2) is 10.6 Å². The zero-order valence-corrected chi connectivity index (χ0v) is 13.8. The van der Waals surface area contributed by atoms with Gasteiger partial charge in [-0.2, -0.15) is 5.28 Å². The maximum atomic E-state index is 4.40. The Labute approximate surface area is 117 Å². The zero-order valence-electron chi connectivity index (χ0n) is 12.6. The number of hydrogen-bond donors (Lipinski definition) is 0. The molecule has 0 heterocycles. The number of aromatic hydroxyl groups is 1. The number of aliphatic hydroxyl groups is 1. The second-order valence-corrected chi connectivity index (χ2v) is 9.26. The first-order valence-electron chi connectivity index (χ1n) is 7.20. The van der Waals surface area contributed by atoms with Crippen LogP contribution in [0.5, 0.6) is 5.75 Å². The highest BCUT2D eigenvalue weighted by atomic mass is 27.2. The molecular weight excluding hydrogens is 235 g/mol. The Balaban J connectivity index is 2.74. The summed E-state index contributed by atoms with van der Waals surface area (Å²) < 4.78 is 4.40. The highest BCUT2D eigenvalue weighted by Gasteiger charge is 2.10. The monoisotopic (exact) mass is 263 g/mol. The van der Waals surface area contributed by atoms with Gasteiger partial charge in [0.25, 0.3) is 5.75 Å². The highest BCUT2D eigenvalue weighted by molar-refractivity contribution is 6.58. The van der Waals surface area contributed by atoms with Crippen molar-refractivity contribution in [2.45, 2.75) is 43.5 Å². The Kier molecular flexibility index (Phi) is 6.83. The van der Waals surface area contributed by atoms with E-state index in [1.54, 1.807) is 0 Å². The number of rotatable bonds is 7. The molecule has 0 aliphatic carbocycles. The Bertz CT molecular complexity index is 337. The normalized spacial score (nSPS) is 11.6. The molecule has 0 aromatic heterocycles. The maximum Gasteiger partial charge on any atom is 0.253 e. The van der Waals surface area contributed by atoms with Crippen molar-refractivity contribution in [2.75, 3.05) is 7.11 Å². The molecule has 0 bridgehead atoms. The molecule has 101 valence electrons. The van der Waals surface area contributed by atoms with Crippen LogP contribution in [0, 0.1) is 11.8 Å². The van der Waals surface area contributed by atoms with Crippen molar-refractivity contribution < 1.29 is 4.74 Å². The van der Waals surface area contributed by atoms with Gasteiger partial charge in [-0.1, -0.05) is 57.7 Å². The van der Waals surface area contributed by atoms with Crippen LogP contribution in [-0.4, -0.2) is 26.0 Å². The number of para-hydroxylation sites is 1. The highest BCUT2D eigenvalue weighted by Crippen LogP contribution is 2.24. The molecule has 0 unspecified atom stereocenters. The standard InChI is InChI=1S/C8H9O.2C4H9.Al/c1-7-5-3-4-6-8(7)9-2;2*1-4(2)3;/h3-6H,1H2,2H3;2*4H,1H2,2-3H3;/q;;;-1/p+1. The van der Waals surface area contributed by atoms with Gasteiger partial charge in [0.05, 0.1) is 0 Å². The fourth-order valence-electron chi connectivity index (χ4n) is 2.81. The minimum Gasteiger partial charge on any atom is -0.585 e. The van der Waals surface area contributed by atoms with Crippen LogP contribution in [0.2, 0.25) is 10.6 Å². The first-order chi connectivity index (χ1) is 8.52. The molecule has 0 aliphatic heterocycles. The lowest BCUT2D eigenvalue weighted by Gasteiger charge is -2.28. The van der Waals surface area contributed by atoms with Crippen molar-refractivity contribution >= 4 is 14.1 Å². The van der Waals surface area contributed by atoms with Gasteiger partial charge in [-0.05, 0) is 14.1 Å². The minimum absolute atomic E-state index is 0.678. The molecule has 0 aliphatic rings. The molecular formula is C16H28AlO. The molecule has 0 saturated carbocycles. The molecule has 1 N–H and O–H groups in total. The molecule has 1 aromatic carbocycles. The molecule has 1 rings (SSSR count). The second kappa shape index (κ2) is 7.87. The second-order valence-electron chi connectivity index (χ2n) is 6.18. The molecule has 0 spiro atoms. The third-order valence-corrected chi connectivity index (χ3v) is 7.59. The van der Waals surface area contributed by atoms with E-state index in [2.05, 4.69) is 56.7 Å². The summed E-state index contributed by atoms with van der Waals surface area (Å²) in [6.07, 6.45) is 0. The van der Waals surface area contributed by atoms with Gasteiger partial charge in [0.2, 0.25) is 0 Å². The van der Waals surface area contributed by atoms with Crippen molar-refractivity contribution in [3.63, 3.8) is 0 Å². The lowest BCUT2D eigenvalue weighted by molar-refractivity contribution is 0.134. The molecule has 1 radical (unpaired) electrons. The van der Waals surface area contributed by atoms with Crippen LogP contribution in [0.1, 0.15) is 33.3 Å². The summed E-state index contributed by atoms with van der Waals surface area (Å²) in [6, 6.07) is 8.65. The van der Waals surface area contributed by atoms with E-state index in [9.17, 15) is 0 Å². The zero-order chi connectivity index (χ0) is 13.5. The van der Waals surface area contributed by atoms with Crippen LogP contribution < -0.4 is 0 Å². The number of hydrogen-bond acceptors (Lipinski definition) is 0. The average Bonchev–Trinajstić information content (AvgIpc) is 2.27. The summed E-state index contributed by atoms with van der Waals surface area (Å²) in [7, 11) is 1.90. The van der Waals surface area contributed by atoms with E-state index in [-0.39, 0.29) is 0 Å². The lowest BCUT2D eigenvalue weighted by atomic mass is 10.2. The maximum absolute atomic E-state index is 4.40. The van der Waals surface area contributed by atoms with Crippen molar-refractivity contribution in [3.8, 4) is 5.75 Å². The van der Waals surface area contributed by atoms with E-state index < -0.39 is 14.1 Å².